The normalized spacial score (nSPS) is 13.9. The van der Waals surface area contributed by atoms with Crippen molar-refractivity contribution >= 4 is 12.2 Å². The van der Waals surface area contributed by atoms with Crippen LogP contribution in [0.4, 0.5) is 0 Å². The first-order chi connectivity index (χ1) is 11.1. The van der Waals surface area contributed by atoms with Crippen LogP contribution in [0, 0.1) is 0 Å². The van der Waals surface area contributed by atoms with Gasteiger partial charge in [-0.3, -0.25) is 0 Å². The van der Waals surface area contributed by atoms with Crippen molar-refractivity contribution in [3.63, 3.8) is 0 Å². The van der Waals surface area contributed by atoms with Crippen molar-refractivity contribution in [1.82, 2.24) is 0 Å². The Bertz CT molecular complexity index is 615. The number of aliphatic hydroxyl groups excluding tert-OH is 1. The van der Waals surface area contributed by atoms with Gasteiger partial charge in [-0.15, -0.1) is 0 Å². The van der Waals surface area contributed by atoms with E-state index in [1.54, 1.807) is 7.11 Å². The van der Waals surface area contributed by atoms with Crippen LogP contribution in [0.5, 0.6) is 5.75 Å². The van der Waals surface area contributed by atoms with Crippen LogP contribution in [-0.2, 0) is 0 Å². The highest BCUT2D eigenvalue weighted by molar-refractivity contribution is 5.69. The molecule has 1 aromatic carbocycles. The van der Waals surface area contributed by atoms with E-state index >= 15 is 0 Å². The summed E-state index contributed by atoms with van der Waals surface area (Å²) in [6.45, 7) is 3.99. The zero-order valence-electron chi connectivity index (χ0n) is 14.1. The van der Waals surface area contributed by atoms with Gasteiger partial charge in [-0.2, -0.15) is 0 Å². The van der Waals surface area contributed by atoms with Gasteiger partial charge in [0.15, 0.2) is 18.4 Å². The second-order valence-electron chi connectivity index (χ2n) is 5.83. The summed E-state index contributed by atoms with van der Waals surface area (Å²) in [5.41, 5.74) is 2.30. The van der Waals surface area contributed by atoms with Crippen LogP contribution < -0.4 is 9.30 Å². The molecule has 0 aliphatic carbocycles. The van der Waals surface area contributed by atoms with Gasteiger partial charge in [0.2, 0.25) is 0 Å². The lowest BCUT2D eigenvalue weighted by molar-refractivity contribution is -0.724. The number of ether oxygens (including phenoxy) is 1. The van der Waals surface area contributed by atoms with Crippen LogP contribution >= 0.6 is 0 Å². The van der Waals surface area contributed by atoms with Gasteiger partial charge in [-0.1, -0.05) is 31.2 Å². The van der Waals surface area contributed by atoms with Gasteiger partial charge >= 0.3 is 0 Å². The molecule has 1 N–H and O–H groups in total. The lowest BCUT2D eigenvalue weighted by Gasteiger charge is -2.12. The van der Waals surface area contributed by atoms with Gasteiger partial charge in [-0.05, 0) is 30.2 Å². The molecule has 1 aromatic heterocycles. The van der Waals surface area contributed by atoms with Crippen LogP contribution in [0.1, 0.15) is 43.9 Å². The minimum atomic E-state index is -0.276. The second kappa shape index (κ2) is 8.49. The number of hydrogen-bond donors (Lipinski definition) is 1. The average Bonchev–Trinajstić information content (AvgIpc) is 2.58. The SMILES string of the molecule is CCC(CC(C)O)[n+]1ccc(/C=C\c2ccc(OC)cc2)cc1. The summed E-state index contributed by atoms with van der Waals surface area (Å²) in [4.78, 5) is 0. The fourth-order valence-corrected chi connectivity index (χ4v) is 2.60. The lowest BCUT2D eigenvalue weighted by Crippen LogP contribution is -2.39. The third-order valence-corrected chi connectivity index (χ3v) is 3.97. The first kappa shape index (κ1) is 17.2. The monoisotopic (exact) mass is 312 g/mol. The van der Waals surface area contributed by atoms with E-state index in [-0.39, 0.29) is 6.10 Å². The average molecular weight is 312 g/mol. The highest BCUT2D eigenvalue weighted by Gasteiger charge is 2.17. The summed E-state index contributed by atoms with van der Waals surface area (Å²) >= 11 is 0. The van der Waals surface area contributed by atoms with E-state index in [0.717, 1.165) is 29.7 Å². The molecular formula is C20H26NO2+. The Labute approximate surface area is 138 Å². The molecule has 3 nitrogen and oxygen atoms in total. The maximum absolute atomic E-state index is 9.58. The van der Waals surface area contributed by atoms with Crippen molar-refractivity contribution < 1.29 is 14.4 Å². The van der Waals surface area contributed by atoms with Crippen molar-refractivity contribution in [1.29, 1.82) is 0 Å². The van der Waals surface area contributed by atoms with E-state index in [4.69, 9.17) is 4.74 Å². The predicted molar refractivity (Wildman–Crippen MR) is 94.2 cm³/mol. The number of pyridine rings is 1. The molecule has 0 aliphatic rings. The number of nitrogens with zero attached hydrogens (tertiary/aromatic N) is 1. The number of rotatable bonds is 7. The van der Waals surface area contributed by atoms with E-state index in [0.29, 0.717) is 6.04 Å². The van der Waals surface area contributed by atoms with Crippen molar-refractivity contribution in [2.45, 2.75) is 38.8 Å². The molecular weight excluding hydrogens is 286 g/mol. The molecule has 23 heavy (non-hydrogen) atoms. The first-order valence-electron chi connectivity index (χ1n) is 8.13. The standard InChI is InChI=1S/C20H26NO2/c1-4-19(15-16(2)22)21-13-11-18(12-14-21)6-5-17-7-9-20(23-3)10-8-17/h5-14,16,19,22H,4,15H2,1-3H3/q+1/b6-5-. The van der Waals surface area contributed by atoms with Gasteiger partial charge < -0.3 is 9.84 Å². The van der Waals surface area contributed by atoms with Gasteiger partial charge in [0.05, 0.1) is 13.2 Å². The number of methoxy groups -OCH3 is 1. The summed E-state index contributed by atoms with van der Waals surface area (Å²) in [5.74, 6) is 0.867. The highest BCUT2D eigenvalue weighted by Crippen LogP contribution is 2.14. The summed E-state index contributed by atoms with van der Waals surface area (Å²) in [5, 5.41) is 9.58. The highest BCUT2D eigenvalue weighted by atomic mass is 16.5. The predicted octanol–water partition coefficient (Wildman–Crippen LogP) is 3.88. The van der Waals surface area contributed by atoms with Gasteiger partial charge in [0, 0.05) is 25.0 Å². The van der Waals surface area contributed by atoms with Gasteiger partial charge in [-0.25, -0.2) is 4.57 Å². The van der Waals surface area contributed by atoms with E-state index in [2.05, 4.69) is 48.2 Å². The maximum atomic E-state index is 9.58. The molecule has 3 heteroatoms. The zero-order chi connectivity index (χ0) is 16.7. The Morgan fingerprint density at radius 1 is 1.04 bits per heavy atom. The fourth-order valence-electron chi connectivity index (χ4n) is 2.60. The Kier molecular flexibility index (Phi) is 6.36. The topological polar surface area (TPSA) is 33.3 Å². The zero-order valence-corrected chi connectivity index (χ0v) is 14.1. The van der Waals surface area contributed by atoms with Crippen molar-refractivity contribution in [2.24, 2.45) is 0 Å². The first-order valence-corrected chi connectivity index (χ1v) is 8.13. The molecule has 0 aliphatic heterocycles. The van der Waals surface area contributed by atoms with E-state index in [9.17, 15) is 5.11 Å². The number of aromatic nitrogens is 1. The summed E-state index contributed by atoms with van der Waals surface area (Å²) in [6.07, 6.45) is 9.88. The van der Waals surface area contributed by atoms with Crippen molar-refractivity contribution in [3.05, 3.63) is 59.9 Å². The maximum Gasteiger partial charge on any atom is 0.169 e. The largest absolute Gasteiger partial charge is 0.497 e. The van der Waals surface area contributed by atoms with E-state index in [1.807, 2.05) is 31.2 Å². The second-order valence-corrected chi connectivity index (χ2v) is 5.83. The molecule has 0 amide bonds. The van der Waals surface area contributed by atoms with E-state index < -0.39 is 0 Å². The number of aliphatic hydroxyl groups is 1. The minimum absolute atomic E-state index is 0.276. The third-order valence-electron chi connectivity index (χ3n) is 3.97. The molecule has 0 bridgehead atoms. The Morgan fingerprint density at radius 3 is 2.09 bits per heavy atom. The van der Waals surface area contributed by atoms with Crippen LogP contribution in [0.25, 0.3) is 12.2 Å². The molecule has 0 radical (unpaired) electrons. The van der Waals surface area contributed by atoms with Crippen LogP contribution in [-0.4, -0.2) is 18.3 Å². The number of benzene rings is 1. The van der Waals surface area contributed by atoms with Crippen LogP contribution in [0.3, 0.4) is 0 Å². The molecule has 2 unspecified atom stereocenters. The van der Waals surface area contributed by atoms with Crippen molar-refractivity contribution in [3.8, 4) is 5.75 Å². The molecule has 0 fully saturated rings. The smallest absolute Gasteiger partial charge is 0.169 e. The quantitative estimate of drug-likeness (QED) is 0.787. The lowest BCUT2D eigenvalue weighted by atomic mass is 10.1. The third kappa shape index (κ3) is 5.22. The fraction of sp³-hybridized carbons (Fsp3) is 0.350. The molecule has 2 atom stereocenters. The summed E-state index contributed by atoms with van der Waals surface area (Å²) in [7, 11) is 1.67. The summed E-state index contributed by atoms with van der Waals surface area (Å²) in [6, 6.07) is 12.5. The van der Waals surface area contributed by atoms with Crippen LogP contribution in [0.2, 0.25) is 0 Å². The molecule has 0 spiro atoms. The van der Waals surface area contributed by atoms with Gasteiger partial charge in [0.1, 0.15) is 5.75 Å². The van der Waals surface area contributed by atoms with Crippen LogP contribution in [0.15, 0.2) is 48.8 Å². The molecule has 0 saturated carbocycles. The molecule has 1 heterocycles. The Balaban J connectivity index is 2.05. The van der Waals surface area contributed by atoms with E-state index in [1.165, 1.54) is 0 Å². The van der Waals surface area contributed by atoms with Crippen molar-refractivity contribution in [2.75, 3.05) is 7.11 Å². The molecule has 2 rings (SSSR count). The Hall–Kier alpha value is -2.13. The molecule has 122 valence electrons. The minimum Gasteiger partial charge on any atom is -0.497 e. The summed E-state index contributed by atoms with van der Waals surface area (Å²) < 4.78 is 7.34. The van der Waals surface area contributed by atoms with Gasteiger partial charge in [0.25, 0.3) is 0 Å². The number of hydrogen-bond acceptors (Lipinski definition) is 2. The molecule has 2 aromatic rings. The molecule has 0 saturated heterocycles. The Morgan fingerprint density at radius 2 is 1.61 bits per heavy atom.